The zero-order chi connectivity index (χ0) is 12.3. The summed E-state index contributed by atoms with van der Waals surface area (Å²) in [6.45, 7) is 10.6. The predicted molar refractivity (Wildman–Crippen MR) is 72.2 cm³/mol. The first-order chi connectivity index (χ1) is 8.69. The lowest BCUT2D eigenvalue weighted by Crippen LogP contribution is -2.77. The smallest absolute Gasteiger partial charge is 0.0533 e. The molecule has 3 nitrogen and oxygen atoms in total. The highest BCUT2D eigenvalue weighted by Crippen LogP contribution is 2.43. The van der Waals surface area contributed by atoms with Gasteiger partial charge in [-0.2, -0.15) is 0 Å². The average molecular weight is 243 g/mol. The summed E-state index contributed by atoms with van der Waals surface area (Å²) in [5.41, 5.74) is 3.34. The Hall–Kier alpha value is -0.900. The van der Waals surface area contributed by atoms with Crippen molar-refractivity contribution in [3.8, 4) is 0 Å². The lowest BCUT2D eigenvalue weighted by atomic mass is 9.68. The van der Waals surface area contributed by atoms with Gasteiger partial charge in [0.2, 0.25) is 0 Å². The van der Waals surface area contributed by atoms with Gasteiger partial charge in [0, 0.05) is 24.5 Å². The van der Waals surface area contributed by atoms with Gasteiger partial charge in [-0.15, -0.1) is 0 Å². The van der Waals surface area contributed by atoms with Gasteiger partial charge < -0.3 is 0 Å². The Bertz CT molecular complexity index is 470. The molecule has 0 spiro atoms. The number of aryl methyl sites for hydroxylation is 1. The molecule has 4 heterocycles. The summed E-state index contributed by atoms with van der Waals surface area (Å²) in [4.78, 5) is 7.82. The van der Waals surface area contributed by atoms with E-state index in [9.17, 15) is 0 Å². The number of hydrogen-bond donors (Lipinski definition) is 0. The van der Waals surface area contributed by atoms with Gasteiger partial charge in [-0.25, -0.2) is 0 Å². The number of rotatable bonds is 1. The molecular formula is C15H21N3. The second-order valence-electron chi connectivity index (χ2n) is 6.32. The highest BCUT2D eigenvalue weighted by Gasteiger charge is 2.54. The third-order valence-corrected chi connectivity index (χ3v) is 5.20. The minimum atomic E-state index is 0.320. The van der Waals surface area contributed by atoms with Crippen molar-refractivity contribution in [3.63, 3.8) is 0 Å². The first kappa shape index (κ1) is 11.0. The van der Waals surface area contributed by atoms with Crippen LogP contribution in [0.4, 0.5) is 0 Å². The predicted octanol–water partition coefficient (Wildman–Crippen LogP) is 1.44. The molecule has 0 aliphatic carbocycles. The summed E-state index contributed by atoms with van der Waals surface area (Å²) in [6.07, 6.45) is 0. The van der Waals surface area contributed by atoms with Gasteiger partial charge in [0.15, 0.2) is 0 Å². The maximum atomic E-state index is 2.63. The van der Waals surface area contributed by atoms with Crippen LogP contribution in [0, 0.1) is 6.92 Å². The Labute approximate surface area is 109 Å². The summed E-state index contributed by atoms with van der Waals surface area (Å²) in [5, 5.41) is 0. The molecule has 1 aromatic carbocycles. The largest absolute Gasteiger partial charge is 0.276 e. The molecule has 4 bridgehead atoms. The van der Waals surface area contributed by atoms with Crippen LogP contribution in [0.3, 0.4) is 0 Å². The molecule has 1 aromatic rings. The molecule has 4 aliphatic rings. The van der Waals surface area contributed by atoms with Crippen LogP contribution in [-0.2, 0) is 5.41 Å². The van der Waals surface area contributed by atoms with Crippen LogP contribution >= 0.6 is 0 Å². The van der Waals surface area contributed by atoms with E-state index in [1.807, 2.05) is 0 Å². The summed E-state index contributed by atoms with van der Waals surface area (Å²) < 4.78 is 0. The van der Waals surface area contributed by atoms with Crippen LogP contribution < -0.4 is 0 Å². The standard InChI is InChI=1S/C15H21N3/c1-12-5-3-4-6-14(12)15-7-16-9-17(8-15)11-18(10-16)13(15)2/h3-6,13H,7-11H2,1-2H3/t13-/m1/s1. The number of hydrogen-bond acceptors (Lipinski definition) is 3. The zero-order valence-electron chi connectivity index (χ0n) is 11.3. The molecule has 4 fully saturated rings. The van der Waals surface area contributed by atoms with Gasteiger partial charge in [-0.3, -0.25) is 14.7 Å². The quantitative estimate of drug-likeness (QED) is 0.739. The van der Waals surface area contributed by atoms with Gasteiger partial charge in [0.05, 0.1) is 20.0 Å². The van der Waals surface area contributed by atoms with E-state index >= 15 is 0 Å². The molecule has 96 valence electrons. The third kappa shape index (κ3) is 1.30. The van der Waals surface area contributed by atoms with Crippen LogP contribution in [0.15, 0.2) is 24.3 Å². The van der Waals surface area contributed by atoms with Gasteiger partial charge in [0.25, 0.3) is 0 Å². The highest BCUT2D eigenvalue weighted by atomic mass is 15.5. The average Bonchev–Trinajstić information content (AvgIpc) is 2.35. The van der Waals surface area contributed by atoms with Crippen molar-refractivity contribution < 1.29 is 0 Å². The van der Waals surface area contributed by atoms with E-state index in [1.54, 1.807) is 5.56 Å². The van der Waals surface area contributed by atoms with E-state index in [1.165, 1.54) is 18.7 Å². The van der Waals surface area contributed by atoms with Gasteiger partial charge in [0.1, 0.15) is 0 Å². The van der Waals surface area contributed by atoms with Gasteiger partial charge in [-0.05, 0) is 25.0 Å². The lowest BCUT2D eigenvalue weighted by Gasteiger charge is -2.64. The van der Waals surface area contributed by atoms with E-state index in [0.717, 1.165) is 20.0 Å². The highest BCUT2D eigenvalue weighted by molar-refractivity contribution is 5.38. The first-order valence-electron chi connectivity index (χ1n) is 6.94. The molecule has 4 aliphatic heterocycles. The molecule has 4 saturated heterocycles. The van der Waals surface area contributed by atoms with Crippen molar-refractivity contribution in [1.29, 1.82) is 0 Å². The molecule has 0 amide bonds. The summed E-state index contributed by atoms with van der Waals surface area (Å²) in [7, 11) is 0. The van der Waals surface area contributed by atoms with Crippen LogP contribution in [0.5, 0.6) is 0 Å². The number of benzene rings is 1. The third-order valence-electron chi connectivity index (χ3n) is 5.20. The maximum absolute atomic E-state index is 2.63. The Morgan fingerprint density at radius 3 is 2.39 bits per heavy atom. The van der Waals surface area contributed by atoms with Crippen molar-refractivity contribution in [2.75, 3.05) is 33.1 Å². The molecule has 0 N–H and O–H groups in total. The SMILES string of the molecule is Cc1ccccc1C12CN3CN(C[N@](C3)C1)[C@@H]2C. The second kappa shape index (κ2) is 3.56. The molecule has 3 heteroatoms. The Morgan fingerprint density at radius 2 is 1.72 bits per heavy atom. The number of nitrogens with zero attached hydrogens (tertiary/aromatic N) is 3. The Kier molecular flexibility index (Phi) is 2.17. The molecule has 18 heavy (non-hydrogen) atoms. The monoisotopic (exact) mass is 243 g/mol. The fourth-order valence-electron chi connectivity index (χ4n) is 4.36. The van der Waals surface area contributed by atoms with Crippen molar-refractivity contribution in [2.45, 2.75) is 25.3 Å². The van der Waals surface area contributed by atoms with Crippen molar-refractivity contribution in [1.82, 2.24) is 14.7 Å². The van der Waals surface area contributed by atoms with E-state index in [2.05, 4.69) is 52.8 Å². The normalized spacial score (nSPS) is 45.4. The minimum absolute atomic E-state index is 0.320. The fourth-order valence-corrected chi connectivity index (χ4v) is 4.36. The Balaban J connectivity index is 1.85. The van der Waals surface area contributed by atoms with Gasteiger partial charge >= 0.3 is 0 Å². The first-order valence-corrected chi connectivity index (χ1v) is 6.94. The molecule has 3 unspecified atom stereocenters. The molecule has 0 radical (unpaired) electrons. The van der Waals surface area contributed by atoms with E-state index < -0.39 is 0 Å². The molecule has 5 atom stereocenters. The second-order valence-corrected chi connectivity index (χ2v) is 6.32. The Morgan fingerprint density at radius 1 is 1.06 bits per heavy atom. The summed E-state index contributed by atoms with van der Waals surface area (Å²) >= 11 is 0. The van der Waals surface area contributed by atoms with E-state index in [-0.39, 0.29) is 0 Å². The van der Waals surface area contributed by atoms with Gasteiger partial charge in [-0.1, -0.05) is 24.3 Å². The van der Waals surface area contributed by atoms with Crippen LogP contribution in [0.2, 0.25) is 0 Å². The van der Waals surface area contributed by atoms with Crippen LogP contribution in [-0.4, -0.2) is 53.8 Å². The summed E-state index contributed by atoms with van der Waals surface area (Å²) in [6, 6.07) is 9.63. The zero-order valence-corrected chi connectivity index (χ0v) is 11.3. The van der Waals surface area contributed by atoms with Crippen molar-refractivity contribution in [3.05, 3.63) is 35.4 Å². The minimum Gasteiger partial charge on any atom is -0.276 e. The molecule has 0 saturated carbocycles. The maximum Gasteiger partial charge on any atom is 0.0533 e. The van der Waals surface area contributed by atoms with E-state index in [0.29, 0.717) is 11.5 Å². The van der Waals surface area contributed by atoms with E-state index in [4.69, 9.17) is 0 Å². The molecular weight excluding hydrogens is 222 g/mol. The van der Waals surface area contributed by atoms with Crippen molar-refractivity contribution >= 4 is 0 Å². The van der Waals surface area contributed by atoms with Crippen LogP contribution in [0.1, 0.15) is 18.1 Å². The van der Waals surface area contributed by atoms with Crippen LogP contribution in [0.25, 0.3) is 0 Å². The lowest BCUT2D eigenvalue weighted by molar-refractivity contribution is -0.172. The molecule has 0 aromatic heterocycles. The fraction of sp³-hybridized carbons (Fsp3) is 0.600. The van der Waals surface area contributed by atoms with Crippen molar-refractivity contribution in [2.24, 2.45) is 0 Å². The topological polar surface area (TPSA) is 9.72 Å². The summed E-state index contributed by atoms with van der Waals surface area (Å²) in [5.74, 6) is 0. The molecule has 5 rings (SSSR count).